The van der Waals surface area contributed by atoms with Crippen LogP contribution in [-0.4, -0.2) is 16.9 Å². The van der Waals surface area contributed by atoms with E-state index in [4.69, 9.17) is 5.73 Å². The lowest BCUT2D eigenvalue weighted by molar-refractivity contribution is -0.120. The molecule has 2 aliphatic rings. The summed E-state index contributed by atoms with van der Waals surface area (Å²) in [5.74, 6) is 0.207. The van der Waals surface area contributed by atoms with Crippen molar-refractivity contribution in [1.82, 2.24) is 10.3 Å². The monoisotopic (exact) mass is 288 g/mol. The van der Waals surface area contributed by atoms with Gasteiger partial charge in [0.25, 0.3) is 0 Å². The Bertz CT molecular complexity index is 610. The molecule has 0 aliphatic heterocycles. The van der Waals surface area contributed by atoms with Crippen LogP contribution in [0.1, 0.15) is 31.4 Å². The number of guanidine groups is 1. The minimum absolute atomic E-state index is 0.0387. The largest absolute Gasteiger partial charge is 0.369 e. The third-order valence-electron chi connectivity index (χ3n) is 3.25. The maximum absolute atomic E-state index is 11.6. The normalized spacial score (nSPS) is 18.8. The zero-order chi connectivity index (χ0) is 13.9. The SMILES string of the molecule is NC(=Nc1nc(C2=CC=CCC2)cs1)NC(=O)C1CC1. The molecule has 20 heavy (non-hydrogen) atoms. The average molecular weight is 288 g/mol. The molecule has 1 heterocycles. The molecule has 104 valence electrons. The number of allylic oxidation sites excluding steroid dienone is 4. The molecule has 1 amide bonds. The molecule has 6 heteroatoms. The number of hydrogen-bond acceptors (Lipinski definition) is 4. The highest BCUT2D eigenvalue weighted by Crippen LogP contribution is 2.29. The number of hydrogen-bond donors (Lipinski definition) is 2. The summed E-state index contributed by atoms with van der Waals surface area (Å²) >= 11 is 1.43. The molecule has 1 fully saturated rings. The van der Waals surface area contributed by atoms with E-state index in [0.29, 0.717) is 5.13 Å². The topological polar surface area (TPSA) is 80.4 Å². The summed E-state index contributed by atoms with van der Waals surface area (Å²) in [7, 11) is 0. The smallest absolute Gasteiger partial charge is 0.229 e. The molecule has 0 radical (unpaired) electrons. The van der Waals surface area contributed by atoms with Gasteiger partial charge in [-0.3, -0.25) is 10.1 Å². The van der Waals surface area contributed by atoms with Crippen molar-refractivity contribution in [3.8, 4) is 0 Å². The summed E-state index contributed by atoms with van der Waals surface area (Å²) in [5, 5.41) is 5.15. The fourth-order valence-corrected chi connectivity index (χ4v) is 2.71. The molecular formula is C14H16N4OS. The molecule has 1 aromatic heterocycles. The van der Waals surface area contributed by atoms with Crippen molar-refractivity contribution in [2.24, 2.45) is 16.6 Å². The molecule has 3 N–H and O–H groups in total. The standard InChI is InChI=1S/C14H16N4OS/c15-13(17-12(19)10-6-7-10)18-14-16-11(8-20-14)9-4-2-1-3-5-9/h1-2,4,8,10H,3,5-7H2,(H3,15,16,17,18,19). The third kappa shape index (κ3) is 3.14. The molecule has 0 bridgehead atoms. The second-order valence-electron chi connectivity index (χ2n) is 4.93. The van der Waals surface area contributed by atoms with E-state index in [1.807, 2.05) is 11.5 Å². The molecule has 0 saturated heterocycles. The zero-order valence-corrected chi connectivity index (χ0v) is 11.8. The van der Waals surface area contributed by atoms with Gasteiger partial charge in [-0.15, -0.1) is 11.3 Å². The Morgan fingerprint density at radius 1 is 1.50 bits per heavy atom. The van der Waals surface area contributed by atoms with Gasteiger partial charge in [-0.1, -0.05) is 18.2 Å². The van der Waals surface area contributed by atoms with Gasteiger partial charge in [0.2, 0.25) is 17.0 Å². The van der Waals surface area contributed by atoms with Crippen LogP contribution in [0.25, 0.3) is 5.57 Å². The molecule has 5 nitrogen and oxygen atoms in total. The Morgan fingerprint density at radius 2 is 2.35 bits per heavy atom. The first-order valence-corrected chi connectivity index (χ1v) is 7.57. The predicted octanol–water partition coefficient (Wildman–Crippen LogP) is 2.35. The van der Waals surface area contributed by atoms with E-state index in [1.54, 1.807) is 0 Å². The number of carbonyl (C=O) groups is 1. The maximum atomic E-state index is 11.6. The van der Waals surface area contributed by atoms with Crippen molar-refractivity contribution < 1.29 is 4.79 Å². The molecule has 1 saturated carbocycles. The average Bonchev–Trinajstić information content (AvgIpc) is 3.21. The van der Waals surface area contributed by atoms with Crippen LogP contribution in [0.2, 0.25) is 0 Å². The van der Waals surface area contributed by atoms with Crippen molar-refractivity contribution in [1.29, 1.82) is 0 Å². The lowest BCUT2D eigenvalue weighted by Gasteiger charge is -2.04. The number of nitrogens with two attached hydrogens (primary N) is 1. The van der Waals surface area contributed by atoms with Crippen LogP contribution >= 0.6 is 11.3 Å². The van der Waals surface area contributed by atoms with E-state index in [2.05, 4.69) is 27.4 Å². The first-order chi connectivity index (χ1) is 9.72. The van der Waals surface area contributed by atoms with Crippen LogP contribution in [0.3, 0.4) is 0 Å². The van der Waals surface area contributed by atoms with Gasteiger partial charge in [-0.2, -0.15) is 4.99 Å². The van der Waals surface area contributed by atoms with Crippen molar-refractivity contribution in [2.45, 2.75) is 25.7 Å². The molecule has 0 atom stereocenters. The van der Waals surface area contributed by atoms with Gasteiger partial charge in [0.05, 0.1) is 5.69 Å². The van der Waals surface area contributed by atoms with Crippen LogP contribution in [0.15, 0.2) is 28.6 Å². The molecule has 0 unspecified atom stereocenters. The summed E-state index contributed by atoms with van der Waals surface area (Å²) in [6.07, 6.45) is 10.2. The number of thiazole rings is 1. The summed E-state index contributed by atoms with van der Waals surface area (Å²) in [4.78, 5) is 20.1. The van der Waals surface area contributed by atoms with E-state index in [-0.39, 0.29) is 17.8 Å². The van der Waals surface area contributed by atoms with Gasteiger partial charge >= 0.3 is 0 Å². The number of rotatable bonds is 3. The number of nitrogens with one attached hydrogen (secondary N) is 1. The van der Waals surface area contributed by atoms with Crippen molar-refractivity contribution in [2.75, 3.05) is 0 Å². The van der Waals surface area contributed by atoms with Crippen molar-refractivity contribution in [3.63, 3.8) is 0 Å². The number of nitrogens with zero attached hydrogens (tertiary/aromatic N) is 2. The highest BCUT2D eigenvalue weighted by atomic mass is 32.1. The van der Waals surface area contributed by atoms with Crippen LogP contribution in [0.5, 0.6) is 0 Å². The van der Waals surface area contributed by atoms with E-state index < -0.39 is 0 Å². The summed E-state index contributed by atoms with van der Waals surface area (Å²) < 4.78 is 0. The van der Waals surface area contributed by atoms with E-state index in [1.165, 1.54) is 16.9 Å². The highest BCUT2D eigenvalue weighted by Gasteiger charge is 2.29. The Kier molecular flexibility index (Phi) is 3.64. The quantitative estimate of drug-likeness (QED) is 0.661. The second kappa shape index (κ2) is 5.58. The van der Waals surface area contributed by atoms with E-state index >= 15 is 0 Å². The Labute approximate surface area is 121 Å². The molecule has 3 rings (SSSR count). The molecule has 2 aliphatic carbocycles. The molecular weight excluding hydrogens is 272 g/mol. The van der Waals surface area contributed by atoms with Crippen LogP contribution in [0.4, 0.5) is 5.13 Å². The van der Waals surface area contributed by atoms with Gasteiger partial charge in [0, 0.05) is 11.3 Å². The predicted molar refractivity (Wildman–Crippen MR) is 80.6 cm³/mol. The van der Waals surface area contributed by atoms with Gasteiger partial charge in [-0.05, 0) is 31.3 Å². The summed E-state index contributed by atoms with van der Waals surface area (Å²) in [6.45, 7) is 0. The van der Waals surface area contributed by atoms with Crippen molar-refractivity contribution in [3.05, 3.63) is 29.3 Å². The highest BCUT2D eigenvalue weighted by molar-refractivity contribution is 7.13. The number of amides is 1. The van der Waals surface area contributed by atoms with Crippen molar-refractivity contribution >= 4 is 33.9 Å². The van der Waals surface area contributed by atoms with Gasteiger partial charge in [0.15, 0.2) is 0 Å². The number of carbonyl (C=O) groups excluding carboxylic acids is 1. The van der Waals surface area contributed by atoms with E-state index in [9.17, 15) is 4.79 Å². The lowest BCUT2D eigenvalue weighted by Crippen LogP contribution is -2.37. The lowest BCUT2D eigenvalue weighted by atomic mass is 10.0. The van der Waals surface area contributed by atoms with E-state index in [0.717, 1.165) is 31.4 Å². The molecule has 0 spiro atoms. The first-order valence-electron chi connectivity index (χ1n) is 6.69. The Hall–Kier alpha value is -1.95. The maximum Gasteiger partial charge on any atom is 0.229 e. The first kappa shape index (κ1) is 13.1. The summed E-state index contributed by atoms with van der Waals surface area (Å²) in [5.41, 5.74) is 7.88. The minimum Gasteiger partial charge on any atom is -0.369 e. The Morgan fingerprint density at radius 3 is 3.05 bits per heavy atom. The Balaban J connectivity index is 1.68. The van der Waals surface area contributed by atoms with Gasteiger partial charge < -0.3 is 5.73 Å². The van der Waals surface area contributed by atoms with Gasteiger partial charge in [0.1, 0.15) is 0 Å². The molecule has 0 aromatic carbocycles. The fourth-order valence-electron chi connectivity index (χ4n) is 1.98. The zero-order valence-electron chi connectivity index (χ0n) is 11.0. The fraction of sp³-hybridized carbons (Fsp3) is 0.357. The number of aliphatic imine (C=N–C) groups is 1. The van der Waals surface area contributed by atoms with Crippen LogP contribution in [-0.2, 0) is 4.79 Å². The minimum atomic E-state index is -0.0387. The summed E-state index contributed by atoms with van der Waals surface area (Å²) in [6, 6.07) is 0. The third-order valence-corrected chi connectivity index (χ3v) is 3.98. The second-order valence-corrected chi connectivity index (χ2v) is 5.77. The van der Waals surface area contributed by atoms with Gasteiger partial charge in [-0.25, -0.2) is 4.98 Å². The molecule has 1 aromatic rings. The number of aromatic nitrogens is 1. The van der Waals surface area contributed by atoms with Crippen LogP contribution < -0.4 is 11.1 Å². The van der Waals surface area contributed by atoms with Crippen LogP contribution in [0, 0.1) is 5.92 Å².